The van der Waals surface area contributed by atoms with Gasteiger partial charge < -0.3 is 5.32 Å². The fraction of sp³-hybridized carbons (Fsp3) is 0.316. The first-order valence-corrected chi connectivity index (χ1v) is 8.47. The van der Waals surface area contributed by atoms with Crippen LogP contribution in [0.25, 0.3) is 0 Å². The molecule has 6 nitrogen and oxygen atoms in total. The standard InChI is InChI=1S/C19H23N5O/c1-4-17(23-10-6-9-20-23)19(25)21-18-12-15(3)22-24(18)13-16-8-5-7-14(2)11-16/h5-12,17H,4,13H2,1-3H3,(H,21,25)/t17-/m1/s1. The second-order valence-electron chi connectivity index (χ2n) is 6.22. The number of carbonyl (C=O) groups is 1. The normalized spacial score (nSPS) is 12.1. The number of carbonyl (C=O) groups excluding carboxylic acids is 1. The summed E-state index contributed by atoms with van der Waals surface area (Å²) in [5, 5.41) is 11.7. The minimum absolute atomic E-state index is 0.0865. The van der Waals surface area contributed by atoms with E-state index in [0.717, 1.165) is 11.3 Å². The Hall–Kier alpha value is -2.89. The third-order valence-electron chi connectivity index (χ3n) is 4.10. The Labute approximate surface area is 147 Å². The predicted octanol–water partition coefficient (Wildman–Crippen LogP) is 3.33. The van der Waals surface area contributed by atoms with Gasteiger partial charge in [-0.2, -0.15) is 10.2 Å². The molecule has 0 aliphatic rings. The third-order valence-corrected chi connectivity index (χ3v) is 4.10. The highest BCUT2D eigenvalue weighted by Crippen LogP contribution is 2.17. The number of hydrogen-bond donors (Lipinski definition) is 1. The Bertz CT molecular complexity index is 851. The number of aromatic nitrogens is 4. The van der Waals surface area contributed by atoms with Crippen molar-refractivity contribution >= 4 is 11.7 Å². The molecule has 3 aromatic rings. The first-order valence-electron chi connectivity index (χ1n) is 8.47. The lowest BCUT2D eigenvalue weighted by Gasteiger charge is -2.16. The van der Waals surface area contributed by atoms with Gasteiger partial charge in [0.25, 0.3) is 0 Å². The molecule has 2 heterocycles. The quantitative estimate of drug-likeness (QED) is 0.750. The van der Waals surface area contributed by atoms with E-state index in [1.807, 2.05) is 42.9 Å². The third kappa shape index (κ3) is 3.96. The lowest BCUT2D eigenvalue weighted by atomic mass is 10.1. The summed E-state index contributed by atoms with van der Waals surface area (Å²) in [6.07, 6.45) is 4.16. The molecule has 0 saturated heterocycles. The van der Waals surface area contributed by atoms with E-state index in [-0.39, 0.29) is 11.9 Å². The molecular formula is C19H23N5O. The maximum absolute atomic E-state index is 12.7. The minimum Gasteiger partial charge on any atom is -0.309 e. The molecule has 0 fully saturated rings. The van der Waals surface area contributed by atoms with Crippen molar-refractivity contribution in [2.24, 2.45) is 0 Å². The van der Waals surface area contributed by atoms with Crippen LogP contribution in [0.3, 0.4) is 0 Å². The molecule has 1 aromatic carbocycles. The Morgan fingerprint density at radius 2 is 2.08 bits per heavy atom. The maximum atomic E-state index is 12.7. The molecule has 2 aromatic heterocycles. The molecule has 1 N–H and O–H groups in total. The summed E-state index contributed by atoms with van der Waals surface area (Å²) in [5.41, 5.74) is 3.23. The maximum Gasteiger partial charge on any atom is 0.250 e. The fourth-order valence-corrected chi connectivity index (χ4v) is 2.92. The predicted molar refractivity (Wildman–Crippen MR) is 97.4 cm³/mol. The number of rotatable bonds is 6. The van der Waals surface area contributed by atoms with Gasteiger partial charge in [-0.15, -0.1) is 0 Å². The first-order chi connectivity index (χ1) is 12.1. The average molecular weight is 337 g/mol. The van der Waals surface area contributed by atoms with Gasteiger partial charge in [-0.25, -0.2) is 4.68 Å². The Balaban J connectivity index is 1.79. The van der Waals surface area contributed by atoms with Crippen LogP contribution in [0, 0.1) is 13.8 Å². The average Bonchev–Trinajstić information content (AvgIpc) is 3.19. The van der Waals surface area contributed by atoms with Crippen molar-refractivity contribution in [1.29, 1.82) is 0 Å². The van der Waals surface area contributed by atoms with E-state index in [4.69, 9.17) is 0 Å². The lowest BCUT2D eigenvalue weighted by molar-refractivity contribution is -0.119. The summed E-state index contributed by atoms with van der Waals surface area (Å²) in [5.74, 6) is 0.617. The monoisotopic (exact) mass is 337 g/mol. The molecule has 1 atom stereocenters. The molecule has 0 saturated carbocycles. The molecule has 0 radical (unpaired) electrons. The van der Waals surface area contributed by atoms with Gasteiger partial charge >= 0.3 is 0 Å². The second kappa shape index (κ2) is 7.34. The number of anilines is 1. The van der Waals surface area contributed by atoms with Crippen molar-refractivity contribution in [2.45, 2.75) is 39.8 Å². The summed E-state index contributed by atoms with van der Waals surface area (Å²) in [6.45, 7) is 6.58. The van der Waals surface area contributed by atoms with Gasteiger partial charge in [0.1, 0.15) is 11.9 Å². The van der Waals surface area contributed by atoms with E-state index in [1.54, 1.807) is 10.9 Å². The number of hydrogen-bond acceptors (Lipinski definition) is 3. The molecule has 0 unspecified atom stereocenters. The number of nitrogens with one attached hydrogen (secondary N) is 1. The highest BCUT2D eigenvalue weighted by atomic mass is 16.2. The fourth-order valence-electron chi connectivity index (χ4n) is 2.92. The zero-order chi connectivity index (χ0) is 17.8. The Kier molecular flexibility index (Phi) is 4.97. The van der Waals surface area contributed by atoms with E-state index in [1.165, 1.54) is 5.56 Å². The summed E-state index contributed by atoms with van der Waals surface area (Å²) in [6, 6.07) is 11.7. The van der Waals surface area contributed by atoms with Gasteiger partial charge in [-0.3, -0.25) is 9.48 Å². The molecule has 3 rings (SSSR count). The van der Waals surface area contributed by atoms with Crippen LogP contribution in [0.1, 0.15) is 36.2 Å². The highest BCUT2D eigenvalue weighted by Gasteiger charge is 2.20. The van der Waals surface area contributed by atoms with Crippen LogP contribution in [0.2, 0.25) is 0 Å². The van der Waals surface area contributed by atoms with E-state index < -0.39 is 0 Å². The highest BCUT2D eigenvalue weighted by molar-refractivity contribution is 5.92. The summed E-state index contributed by atoms with van der Waals surface area (Å²) in [4.78, 5) is 12.7. The largest absolute Gasteiger partial charge is 0.309 e. The van der Waals surface area contributed by atoms with Crippen molar-refractivity contribution in [2.75, 3.05) is 5.32 Å². The van der Waals surface area contributed by atoms with Crippen LogP contribution < -0.4 is 5.32 Å². The van der Waals surface area contributed by atoms with E-state index >= 15 is 0 Å². The molecule has 25 heavy (non-hydrogen) atoms. The Morgan fingerprint density at radius 1 is 1.24 bits per heavy atom. The van der Waals surface area contributed by atoms with Crippen molar-refractivity contribution in [3.8, 4) is 0 Å². The number of aryl methyl sites for hydroxylation is 2. The number of nitrogens with zero attached hydrogens (tertiary/aromatic N) is 4. The second-order valence-corrected chi connectivity index (χ2v) is 6.22. The van der Waals surface area contributed by atoms with Crippen molar-refractivity contribution in [3.63, 3.8) is 0 Å². The Morgan fingerprint density at radius 3 is 2.76 bits per heavy atom. The summed E-state index contributed by atoms with van der Waals surface area (Å²) < 4.78 is 3.52. The number of benzene rings is 1. The van der Waals surface area contributed by atoms with Gasteiger partial charge in [0, 0.05) is 18.5 Å². The summed E-state index contributed by atoms with van der Waals surface area (Å²) in [7, 11) is 0. The smallest absolute Gasteiger partial charge is 0.250 e. The van der Waals surface area contributed by atoms with E-state index in [2.05, 4.69) is 40.6 Å². The molecule has 130 valence electrons. The van der Waals surface area contributed by atoms with Crippen LogP contribution in [0.4, 0.5) is 5.82 Å². The van der Waals surface area contributed by atoms with Crippen molar-refractivity contribution in [1.82, 2.24) is 19.6 Å². The SMILES string of the molecule is CC[C@H](C(=O)Nc1cc(C)nn1Cc1cccc(C)c1)n1cccn1. The van der Waals surface area contributed by atoms with Crippen LogP contribution in [-0.4, -0.2) is 25.5 Å². The van der Waals surface area contributed by atoms with E-state index in [0.29, 0.717) is 18.8 Å². The lowest BCUT2D eigenvalue weighted by Crippen LogP contribution is -2.27. The molecule has 0 bridgehead atoms. The van der Waals surface area contributed by atoms with Gasteiger partial charge in [0.05, 0.1) is 12.2 Å². The summed E-state index contributed by atoms with van der Waals surface area (Å²) >= 11 is 0. The van der Waals surface area contributed by atoms with Gasteiger partial charge in [-0.05, 0) is 31.9 Å². The zero-order valence-electron chi connectivity index (χ0n) is 14.8. The van der Waals surface area contributed by atoms with Crippen LogP contribution in [0.15, 0.2) is 48.8 Å². The van der Waals surface area contributed by atoms with Gasteiger partial charge in [-0.1, -0.05) is 36.8 Å². The van der Waals surface area contributed by atoms with Crippen LogP contribution >= 0.6 is 0 Å². The molecule has 0 aliphatic heterocycles. The topological polar surface area (TPSA) is 64.7 Å². The van der Waals surface area contributed by atoms with Crippen LogP contribution in [-0.2, 0) is 11.3 Å². The molecule has 1 amide bonds. The molecule has 6 heteroatoms. The van der Waals surface area contributed by atoms with Gasteiger partial charge in [0.2, 0.25) is 5.91 Å². The number of amides is 1. The van der Waals surface area contributed by atoms with Crippen molar-refractivity contribution in [3.05, 3.63) is 65.6 Å². The minimum atomic E-state index is -0.336. The van der Waals surface area contributed by atoms with Crippen LogP contribution in [0.5, 0.6) is 0 Å². The zero-order valence-corrected chi connectivity index (χ0v) is 14.8. The molecule has 0 spiro atoms. The van der Waals surface area contributed by atoms with E-state index in [9.17, 15) is 4.79 Å². The van der Waals surface area contributed by atoms with Crippen molar-refractivity contribution < 1.29 is 4.79 Å². The van der Waals surface area contributed by atoms with Gasteiger partial charge in [0.15, 0.2) is 0 Å². The molecular weight excluding hydrogens is 314 g/mol. The first kappa shape index (κ1) is 17.0. The molecule has 0 aliphatic carbocycles.